The number of hydrogen-bond acceptors (Lipinski definition) is 8. The molecule has 3 aromatic carbocycles. The molecule has 0 unspecified atom stereocenters. The molecule has 8 nitrogen and oxygen atoms in total. The zero-order valence-electron chi connectivity index (χ0n) is 19.9. The third-order valence-corrected chi connectivity index (χ3v) is 6.39. The van der Waals surface area contributed by atoms with Gasteiger partial charge in [-0.25, -0.2) is 14.8 Å². The van der Waals surface area contributed by atoms with Crippen molar-refractivity contribution in [3.8, 4) is 27.4 Å². The summed E-state index contributed by atoms with van der Waals surface area (Å²) in [6, 6.07) is 19.8. The number of aryl methyl sites for hydroxylation is 2. The molecule has 0 amide bonds. The Balaban J connectivity index is 1.64. The maximum Gasteiger partial charge on any atom is 0.343 e. The normalized spacial score (nSPS) is 11.0. The van der Waals surface area contributed by atoms with Gasteiger partial charge in [-0.3, -0.25) is 10.1 Å². The van der Waals surface area contributed by atoms with Gasteiger partial charge in [-0.1, -0.05) is 35.1 Å². The van der Waals surface area contributed by atoms with Gasteiger partial charge >= 0.3 is 5.97 Å². The SMILES string of the molecule is COC(=O)COc1ccc(C=Nc2nc(-c3ccc(C)cc3C)c(-c3ccc([N+](=O)[O-])cc3)s2)cc1. The summed E-state index contributed by atoms with van der Waals surface area (Å²) in [7, 11) is 1.31. The second-order valence-corrected chi connectivity index (χ2v) is 8.97. The van der Waals surface area contributed by atoms with Crippen molar-refractivity contribution in [2.45, 2.75) is 13.8 Å². The Hall–Kier alpha value is -4.37. The second kappa shape index (κ2) is 10.9. The molecule has 0 radical (unpaired) electrons. The van der Waals surface area contributed by atoms with Crippen LogP contribution in [0.5, 0.6) is 5.75 Å². The highest BCUT2D eigenvalue weighted by Crippen LogP contribution is 2.41. The average molecular weight is 502 g/mol. The number of ether oxygens (including phenoxy) is 2. The molecule has 4 rings (SSSR count). The number of non-ortho nitro benzene ring substituents is 1. The van der Waals surface area contributed by atoms with E-state index in [4.69, 9.17) is 9.72 Å². The van der Waals surface area contributed by atoms with E-state index in [0.29, 0.717) is 10.9 Å². The van der Waals surface area contributed by atoms with Gasteiger partial charge in [-0.2, -0.15) is 0 Å². The number of aliphatic imine (C=N–C) groups is 1. The summed E-state index contributed by atoms with van der Waals surface area (Å²) in [5.41, 5.74) is 5.71. The van der Waals surface area contributed by atoms with Crippen molar-refractivity contribution in [3.63, 3.8) is 0 Å². The number of benzene rings is 3. The van der Waals surface area contributed by atoms with E-state index in [-0.39, 0.29) is 12.3 Å². The molecule has 4 aromatic rings. The van der Waals surface area contributed by atoms with E-state index in [1.807, 2.05) is 38.1 Å². The zero-order valence-corrected chi connectivity index (χ0v) is 20.7. The fraction of sp³-hybridized carbons (Fsp3) is 0.148. The maximum absolute atomic E-state index is 11.2. The predicted octanol–water partition coefficient (Wildman–Crippen LogP) is 6.30. The Morgan fingerprint density at radius 2 is 1.81 bits per heavy atom. The van der Waals surface area contributed by atoms with Crippen LogP contribution in [-0.2, 0) is 9.53 Å². The van der Waals surface area contributed by atoms with Gasteiger partial charge in [0.05, 0.1) is 22.6 Å². The largest absolute Gasteiger partial charge is 0.482 e. The first kappa shape index (κ1) is 24.7. The van der Waals surface area contributed by atoms with Crippen LogP contribution in [0.2, 0.25) is 0 Å². The van der Waals surface area contributed by atoms with Gasteiger partial charge < -0.3 is 9.47 Å². The first-order valence-corrected chi connectivity index (χ1v) is 11.8. The van der Waals surface area contributed by atoms with Crippen LogP contribution >= 0.6 is 11.3 Å². The molecular formula is C27H23N3O5S. The summed E-state index contributed by atoms with van der Waals surface area (Å²) < 4.78 is 9.93. The highest BCUT2D eigenvalue weighted by Gasteiger charge is 2.17. The van der Waals surface area contributed by atoms with Gasteiger partial charge in [0, 0.05) is 23.9 Å². The summed E-state index contributed by atoms with van der Waals surface area (Å²) in [4.78, 5) is 32.2. The van der Waals surface area contributed by atoms with Gasteiger partial charge in [0.2, 0.25) is 5.13 Å². The predicted molar refractivity (Wildman–Crippen MR) is 140 cm³/mol. The van der Waals surface area contributed by atoms with Crippen LogP contribution < -0.4 is 4.74 Å². The summed E-state index contributed by atoms with van der Waals surface area (Å²) >= 11 is 1.42. The molecule has 36 heavy (non-hydrogen) atoms. The van der Waals surface area contributed by atoms with E-state index in [2.05, 4.69) is 15.8 Å². The zero-order chi connectivity index (χ0) is 25.7. The summed E-state index contributed by atoms with van der Waals surface area (Å²) in [5, 5.41) is 11.6. The lowest BCUT2D eigenvalue weighted by Gasteiger charge is -2.07. The number of carbonyl (C=O) groups excluding carboxylic acids is 1. The molecule has 0 aliphatic carbocycles. The molecule has 0 aliphatic rings. The average Bonchev–Trinajstić information content (AvgIpc) is 3.30. The van der Waals surface area contributed by atoms with Crippen molar-refractivity contribution in [2.75, 3.05) is 13.7 Å². The Morgan fingerprint density at radius 1 is 1.08 bits per heavy atom. The van der Waals surface area contributed by atoms with Gasteiger partial charge in [0.25, 0.3) is 5.69 Å². The van der Waals surface area contributed by atoms with Gasteiger partial charge in [0.1, 0.15) is 5.75 Å². The van der Waals surface area contributed by atoms with Crippen LogP contribution in [0.3, 0.4) is 0 Å². The Bertz CT molecular complexity index is 1430. The molecule has 0 fully saturated rings. The number of methoxy groups -OCH3 is 1. The summed E-state index contributed by atoms with van der Waals surface area (Å²) in [6.07, 6.45) is 1.70. The quantitative estimate of drug-likeness (QED) is 0.121. The monoisotopic (exact) mass is 501 g/mol. The third kappa shape index (κ3) is 5.81. The summed E-state index contributed by atoms with van der Waals surface area (Å²) in [5.74, 6) is 0.0947. The fourth-order valence-electron chi connectivity index (χ4n) is 3.54. The molecule has 1 heterocycles. The topological polar surface area (TPSA) is 104 Å². The third-order valence-electron chi connectivity index (χ3n) is 5.38. The van der Waals surface area contributed by atoms with Crippen molar-refractivity contribution in [3.05, 3.63) is 93.5 Å². The molecule has 1 aromatic heterocycles. The molecular weight excluding hydrogens is 478 g/mol. The lowest BCUT2D eigenvalue weighted by atomic mass is 10.0. The van der Waals surface area contributed by atoms with Crippen LogP contribution in [0.15, 0.2) is 71.7 Å². The molecule has 0 spiro atoms. The molecule has 182 valence electrons. The van der Waals surface area contributed by atoms with Crippen LogP contribution in [0.4, 0.5) is 10.8 Å². The number of nitrogens with zero attached hydrogens (tertiary/aromatic N) is 3. The molecule has 0 atom stereocenters. The highest BCUT2D eigenvalue weighted by molar-refractivity contribution is 7.19. The first-order chi connectivity index (χ1) is 17.3. The van der Waals surface area contributed by atoms with Gasteiger partial charge in [-0.15, -0.1) is 0 Å². The van der Waals surface area contributed by atoms with E-state index in [0.717, 1.165) is 38.4 Å². The lowest BCUT2D eigenvalue weighted by Crippen LogP contribution is -2.12. The maximum atomic E-state index is 11.2. The van der Waals surface area contributed by atoms with E-state index in [1.165, 1.54) is 30.6 Å². The van der Waals surface area contributed by atoms with Gasteiger partial charge in [-0.05, 0) is 66.9 Å². The van der Waals surface area contributed by atoms with Crippen LogP contribution in [0.25, 0.3) is 21.7 Å². The number of thiazole rings is 1. The van der Waals surface area contributed by atoms with Crippen molar-refractivity contribution >= 4 is 34.3 Å². The minimum Gasteiger partial charge on any atom is -0.482 e. The highest BCUT2D eigenvalue weighted by atomic mass is 32.1. The van der Waals surface area contributed by atoms with Crippen molar-refractivity contribution in [1.82, 2.24) is 4.98 Å². The van der Waals surface area contributed by atoms with E-state index in [1.54, 1.807) is 30.5 Å². The Labute approximate surface area is 212 Å². The molecule has 0 bridgehead atoms. The van der Waals surface area contributed by atoms with E-state index < -0.39 is 10.9 Å². The van der Waals surface area contributed by atoms with Crippen LogP contribution in [0, 0.1) is 24.0 Å². The molecule has 9 heteroatoms. The van der Waals surface area contributed by atoms with Crippen molar-refractivity contribution < 1.29 is 19.2 Å². The smallest absolute Gasteiger partial charge is 0.343 e. The number of nitro groups is 1. The first-order valence-electron chi connectivity index (χ1n) is 11.0. The van der Waals surface area contributed by atoms with Crippen molar-refractivity contribution in [2.24, 2.45) is 4.99 Å². The minimum atomic E-state index is -0.451. The molecule has 0 aliphatic heterocycles. The number of rotatable bonds is 8. The van der Waals surface area contributed by atoms with Crippen LogP contribution in [0.1, 0.15) is 16.7 Å². The number of nitro benzene ring substituents is 1. The van der Waals surface area contributed by atoms with Crippen molar-refractivity contribution in [1.29, 1.82) is 0 Å². The molecule has 0 saturated heterocycles. The van der Waals surface area contributed by atoms with Crippen LogP contribution in [-0.4, -0.2) is 35.8 Å². The summed E-state index contributed by atoms with van der Waals surface area (Å²) in [6.45, 7) is 3.92. The van der Waals surface area contributed by atoms with E-state index in [9.17, 15) is 14.9 Å². The van der Waals surface area contributed by atoms with E-state index >= 15 is 0 Å². The lowest BCUT2D eigenvalue weighted by molar-refractivity contribution is -0.384. The van der Waals surface area contributed by atoms with Gasteiger partial charge in [0.15, 0.2) is 6.61 Å². The number of carbonyl (C=O) groups is 1. The standard InChI is InChI=1S/C27H23N3O5S/c1-17-4-13-23(18(2)14-17)25-26(20-7-9-21(10-8-20)30(32)33)36-27(29-25)28-15-19-5-11-22(12-6-19)35-16-24(31)34-3/h4-15H,16H2,1-3H3. The molecule has 0 N–H and O–H groups in total. The fourth-order valence-corrected chi connectivity index (χ4v) is 4.47. The Morgan fingerprint density at radius 3 is 2.44 bits per heavy atom. The Kier molecular flexibility index (Phi) is 7.50. The number of hydrogen-bond donors (Lipinski definition) is 0. The molecule has 0 saturated carbocycles. The number of aromatic nitrogens is 1. The minimum absolute atomic E-state index is 0.0357. The number of esters is 1. The second-order valence-electron chi connectivity index (χ2n) is 7.99.